The van der Waals surface area contributed by atoms with E-state index in [0.29, 0.717) is 10.8 Å². The van der Waals surface area contributed by atoms with E-state index in [2.05, 4.69) is 27.1 Å². The molecule has 0 amide bonds. The molecule has 19 heavy (non-hydrogen) atoms. The van der Waals surface area contributed by atoms with Gasteiger partial charge in [-0.15, -0.1) is 0 Å². The van der Waals surface area contributed by atoms with Crippen molar-refractivity contribution in [3.8, 4) is 0 Å². The van der Waals surface area contributed by atoms with Crippen molar-refractivity contribution < 1.29 is 0 Å². The Balaban J connectivity index is 1.21. The number of hydrogen-bond acceptors (Lipinski definition) is 4. The van der Waals surface area contributed by atoms with Crippen molar-refractivity contribution in [2.45, 2.75) is 6.42 Å². The molecule has 0 bridgehead atoms. The molecule has 4 nitrogen and oxygen atoms in total. The molecule has 1 saturated carbocycles. The summed E-state index contributed by atoms with van der Waals surface area (Å²) in [5.41, 5.74) is 1.39. The van der Waals surface area contributed by atoms with Gasteiger partial charge < -0.3 is 10.2 Å². The summed E-state index contributed by atoms with van der Waals surface area (Å²) < 4.78 is 0. The third-order valence-electron chi connectivity index (χ3n) is 6.80. The molecule has 4 saturated heterocycles. The highest BCUT2D eigenvalue weighted by Gasteiger charge is 2.73. The molecule has 4 heteroatoms. The maximum absolute atomic E-state index is 3.61. The van der Waals surface area contributed by atoms with E-state index < -0.39 is 0 Å². The molecule has 0 aromatic heterocycles. The first-order valence-electron chi connectivity index (χ1n) is 8.02. The molecule has 1 aliphatic carbocycles. The zero-order valence-corrected chi connectivity index (χ0v) is 12.1. The van der Waals surface area contributed by atoms with Crippen molar-refractivity contribution >= 4 is 0 Å². The van der Waals surface area contributed by atoms with Gasteiger partial charge in [0.15, 0.2) is 0 Å². The van der Waals surface area contributed by atoms with E-state index >= 15 is 0 Å². The summed E-state index contributed by atoms with van der Waals surface area (Å²) in [6.07, 6.45) is 1.51. The lowest BCUT2D eigenvalue weighted by Crippen LogP contribution is -2.41. The van der Waals surface area contributed by atoms with Crippen LogP contribution in [-0.2, 0) is 0 Å². The van der Waals surface area contributed by atoms with E-state index in [9.17, 15) is 0 Å². The average Bonchev–Trinajstić information content (AvgIpc) is 2.72. The predicted octanol–water partition coefficient (Wildman–Crippen LogP) is -0.267. The Hall–Kier alpha value is -0.160. The van der Waals surface area contributed by atoms with Gasteiger partial charge in [-0.25, -0.2) is 0 Å². The maximum atomic E-state index is 3.61. The van der Waals surface area contributed by atoms with Crippen LogP contribution in [0.3, 0.4) is 0 Å². The highest BCUT2D eigenvalue weighted by molar-refractivity contribution is 5.26. The predicted molar refractivity (Wildman–Crippen MR) is 74.8 cm³/mol. The first-order chi connectivity index (χ1) is 9.18. The largest absolute Gasteiger partial charge is 0.315 e. The van der Waals surface area contributed by atoms with Crippen molar-refractivity contribution in [3.05, 3.63) is 0 Å². The fourth-order valence-electron chi connectivity index (χ4n) is 5.94. The first-order valence-corrected chi connectivity index (χ1v) is 8.02. The molecular formula is C15H26N4. The lowest BCUT2D eigenvalue weighted by Gasteiger charge is -2.29. The number of hydrogen-bond donors (Lipinski definition) is 1. The van der Waals surface area contributed by atoms with Gasteiger partial charge in [-0.3, -0.25) is 9.80 Å². The summed E-state index contributed by atoms with van der Waals surface area (Å²) in [5.74, 6) is 1.92. The molecule has 5 rings (SSSR count). The number of nitrogens with one attached hydrogen (secondary N) is 1. The molecule has 106 valence electrons. The summed E-state index contributed by atoms with van der Waals surface area (Å²) in [7, 11) is 2.28. The molecule has 1 N–H and O–H groups in total. The average molecular weight is 262 g/mol. The Bertz CT molecular complexity index is 373. The summed E-state index contributed by atoms with van der Waals surface area (Å²) in [6.45, 7) is 11.9. The van der Waals surface area contributed by atoms with Crippen molar-refractivity contribution in [1.29, 1.82) is 0 Å². The van der Waals surface area contributed by atoms with Gasteiger partial charge in [-0.05, 0) is 25.3 Å². The van der Waals surface area contributed by atoms with E-state index in [1.807, 2.05) is 0 Å². The molecule has 0 spiro atoms. The second kappa shape index (κ2) is 3.53. The number of nitrogens with zero attached hydrogens (tertiary/aromatic N) is 3. The van der Waals surface area contributed by atoms with E-state index in [4.69, 9.17) is 0 Å². The van der Waals surface area contributed by atoms with Crippen LogP contribution in [0.1, 0.15) is 6.42 Å². The second-order valence-electron chi connectivity index (χ2n) is 8.25. The maximum Gasteiger partial charge on any atom is 0.0506 e. The Labute approximate surface area is 116 Å². The van der Waals surface area contributed by atoms with Crippen molar-refractivity contribution in [2.24, 2.45) is 22.7 Å². The first kappa shape index (κ1) is 11.5. The zero-order chi connectivity index (χ0) is 12.7. The van der Waals surface area contributed by atoms with Crippen LogP contribution in [0.5, 0.6) is 0 Å². The Morgan fingerprint density at radius 1 is 0.947 bits per heavy atom. The zero-order valence-electron chi connectivity index (χ0n) is 12.1. The van der Waals surface area contributed by atoms with Gasteiger partial charge in [0.25, 0.3) is 0 Å². The summed E-state index contributed by atoms with van der Waals surface area (Å²) >= 11 is 0. The van der Waals surface area contributed by atoms with Crippen molar-refractivity contribution in [3.63, 3.8) is 0 Å². The fraction of sp³-hybridized carbons (Fsp3) is 1.00. The SMILES string of the molecule is CN1CC2CN(CN3CC45CNCC4(C3)C5)CC2C1. The van der Waals surface area contributed by atoms with Gasteiger partial charge >= 0.3 is 0 Å². The van der Waals surface area contributed by atoms with Gasteiger partial charge in [-0.1, -0.05) is 0 Å². The Morgan fingerprint density at radius 2 is 1.58 bits per heavy atom. The molecular weight excluding hydrogens is 236 g/mol. The lowest BCUT2D eigenvalue weighted by atomic mass is 10.0. The minimum atomic E-state index is 0.697. The Kier molecular flexibility index (Phi) is 2.14. The fourth-order valence-corrected chi connectivity index (χ4v) is 5.94. The van der Waals surface area contributed by atoms with Crippen LogP contribution in [0.4, 0.5) is 0 Å². The van der Waals surface area contributed by atoms with Crippen LogP contribution in [0.15, 0.2) is 0 Å². The van der Waals surface area contributed by atoms with E-state index in [0.717, 1.165) is 11.8 Å². The topological polar surface area (TPSA) is 21.8 Å². The van der Waals surface area contributed by atoms with Crippen LogP contribution in [0.25, 0.3) is 0 Å². The van der Waals surface area contributed by atoms with Crippen molar-refractivity contribution in [2.75, 3.05) is 66.1 Å². The highest BCUT2D eigenvalue weighted by atomic mass is 15.4. The highest BCUT2D eigenvalue weighted by Crippen LogP contribution is 2.70. The number of fused-ring (bicyclic) bond motifs is 1. The molecule has 0 radical (unpaired) electrons. The molecule has 4 aliphatic heterocycles. The molecule has 5 fully saturated rings. The normalized spacial score (nSPS) is 53.5. The summed E-state index contributed by atoms with van der Waals surface area (Å²) in [6, 6.07) is 0. The van der Waals surface area contributed by atoms with Crippen LogP contribution in [0, 0.1) is 22.7 Å². The van der Waals surface area contributed by atoms with E-state index in [1.165, 1.54) is 65.4 Å². The number of rotatable bonds is 2. The van der Waals surface area contributed by atoms with Crippen molar-refractivity contribution in [1.82, 2.24) is 20.0 Å². The standard InChI is InChI=1S/C15H26N4/c1-17-2-12-4-18(5-13(12)3-17)11-19-9-14-6-15(14,10-19)8-16-7-14/h12-13,16H,2-11H2,1H3. The minimum Gasteiger partial charge on any atom is -0.315 e. The summed E-state index contributed by atoms with van der Waals surface area (Å²) in [4.78, 5) is 8.02. The van der Waals surface area contributed by atoms with Gasteiger partial charge in [0, 0.05) is 63.2 Å². The third kappa shape index (κ3) is 1.49. The quantitative estimate of drug-likeness (QED) is 0.740. The number of piperidine rings is 2. The molecule has 0 aromatic rings. The van der Waals surface area contributed by atoms with Gasteiger partial charge in [-0.2, -0.15) is 0 Å². The molecule has 4 heterocycles. The van der Waals surface area contributed by atoms with E-state index in [-0.39, 0.29) is 0 Å². The minimum absolute atomic E-state index is 0.697. The van der Waals surface area contributed by atoms with Gasteiger partial charge in [0.05, 0.1) is 6.67 Å². The van der Waals surface area contributed by atoms with Crippen LogP contribution >= 0.6 is 0 Å². The molecule has 0 aromatic carbocycles. The van der Waals surface area contributed by atoms with Gasteiger partial charge in [0.1, 0.15) is 0 Å². The summed E-state index contributed by atoms with van der Waals surface area (Å²) in [5, 5.41) is 3.61. The molecule has 4 atom stereocenters. The second-order valence-corrected chi connectivity index (χ2v) is 8.25. The van der Waals surface area contributed by atoms with Crippen LogP contribution in [-0.4, -0.2) is 80.8 Å². The monoisotopic (exact) mass is 262 g/mol. The van der Waals surface area contributed by atoms with Crippen LogP contribution in [0.2, 0.25) is 0 Å². The van der Waals surface area contributed by atoms with Crippen LogP contribution < -0.4 is 5.32 Å². The third-order valence-corrected chi connectivity index (χ3v) is 6.80. The Morgan fingerprint density at radius 3 is 2.21 bits per heavy atom. The van der Waals surface area contributed by atoms with E-state index in [1.54, 1.807) is 0 Å². The van der Waals surface area contributed by atoms with Gasteiger partial charge in [0.2, 0.25) is 0 Å². The smallest absolute Gasteiger partial charge is 0.0506 e. The number of likely N-dealkylation sites (tertiary alicyclic amines) is 3. The lowest BCUT2D eigenvalue weighted by molar-refractivity contribution is 0.138. The molecule has 4 unspecified atom stereocenters. The molecule has 5 aliphatic rings.